The molecule has 0 radical (unpaired) electrons. The van der Waals surface area contributed by atoms with Crippen LogP contribution in [0.25, 0.3) is 0 Å². The molecule has 0 aliphatic rings. The Labute approximate surface area is 93.4 Å². The van der Waals surface area contributed by atoms with Crippen LogP contribution in [0.3, 0.4) is 0 Å². The van der Waals surface area contributed by atoms with Crippen LogP contribution in [-0.2, 0) is 9.59 Å². The lowest BCUT2D eigenvalue weighted by atomic mass is 10.2. The van der Waals surface area contributed by atoms with Gasteiger partial charge in [-0.2, -0.15) is 0 Å². The lowest BCUT2D eigenvalue weighted by molar-refractivity contribution is -0.124. The number of halogens is 1. The number of aryl methyl sites for hydroxylation is 1. The van der Waals surface area contributed by atoms with E-state index in [2.05, 4.69) is 5.32 Å². The molecule has 0 fully saturated rings. The van der Waals surface area contributed by atoms with E-state index in [1.807, 2.05) is 25.1 Å². The first-order valence-corrected chi connectivity index (χ1v) is 5.10. The first-order valence-electron chi connectivity index (χ1n) is 4.56. The minimum atomic E-state index is -0.324. The Bertz CT molecular complexity index is 377. The van der Waals surface area contributed by atoms with Gasteiger partial charge in [-0.15, -0.1) is 11.6 Å². The van der Waals surface area contributed by atoms with Gasteiger partial charge in [0.25, 0.3) is 0 Å². The quantitative estimate of drug-likeness (QED) is 0.630. The number of hydrogen-bond donors (Lipinski definition) is 1. The number of nitrogens with one attached hydrogen (secondary N) is 1. The van der Waals surface area contributed by atoms with Gasteiger partial charge in [-0.1, -0.05) is 18.2 Å². The van der Waals surface area contributed by atoms with Crippen molar-refractivity contribution >= 4 is 29.0 Å². The number of hydrogen-bond acceptors (Lipinski definition) is 2. The molecule has 0 heterocycles. The number of carbonyl (C=O) groups excluding carboxylic acids is 2. The van der Waals surface area contributed by atoms with E-state index in [-0.39, 0.29) is 24.0 Å². The van der Waals surface area contributed by atoms with Crippen LogP contribution in [0, 0.1) is 6.92 Å². The Morgan fingerprint density at radius 3 is 2.60 bits per heavy atom. The molecule has 3 nitrogen and oxygen atoms in total. The summed E-state index contributed by atoms with van der Waals surface area (Å²) in [6.07, 6.45) is -0.169. The molecule has 0 bridgehead atoms. The summed E-state index contributed by atoms with van der Waals surface area (Å²) in [7, 11) is 0. The summed E-state index contributed by atoms with van der Waals surface area (Å²) in [5.41, 5.74) is 1.69. The molecule has 1 rings (SSSR count). The predicted molar refractivity (Wildman–Crippen MR) is 60.2 cm³/mol. The first-order chi connectivity index (χ1) is 7.13. The van der Waals surface area contributed by atoms with E-state index < -0.39 is 0 Å². The summed E-state index contributed by atoms with van der Waals surface area (Å²) in [6, 6.07) is 7.39. The number of amides is 1. The molecule has 0 aromatic heterocycles. The SMILES string of the molecule is Cc1ccccc1NC(=O)CC(=O)CCl. The van der Waals surface area contributed by atoms with Gasteiger partial charge in [0.15, 0.2) is 5.78 Å². The smallest absolute Gasteiger partial charge is 0.231 e. The van der Waals surface area contributed by atoms with Gasteiger partial charge in [-0.05, 0) is 18.6 Å². The summed E-state index contributed by atoms with van der Waals surface area (Å²) >= 11 is 5.30. The minimum Gasteiger partial charge on any atom is -0.325 e. The van der Waals surface area contributed by atoms with Gasteiger partial charge in [0, 0.05) is 5.69 Å². The third-order valence-corrected chi connectivity index (χ3v) is 2.22. The second-order valence-electron chi connectivity index (χ2n) is 3.21. The summed E-state index contributed by atoms with van der Waals surface area (Å²) in [5, 5.41) is 2.66. The van der Waals surface area contributed by atoms with E-state index in [9.17, 15) is 9.59 Å². The van der Waals surface area contributed by atoms with E-state index >= 15 is 0 Å². The maximum absolute atomic E-state index is 11.3. The van der Waals surface area contributed by atoms with Crippen LogP contribution in [0.4, 0.5) is 5.69 Å². The molecule has 1 aromatic carbocycles. The van der Waals surface area contributed by atoms with E-state index in [4.69, 9.17) is 11.6 Å². The van der Waals surface area contributed by atoms with Crippen LogP contribution in [0.5, 0.6) is 0 Å². The van der Waals surface area contributed by atoms with Gasteiger partial charge in [-0.25, -0.2) is 0 Å². The van der Waals surface area contributed by atoms with Crippen molar-refractivity contribution in [2.24, 2.45) is 0 Å². The summed E-state index contributed by atoms with van der Waals surface area (Å²) < 4.78 is 0. The Morgan fingerprint density at radius 2 is 2.00 bits per heavy atom. The van der Waals surface area contributed by atoms with Gasteiger partial charge in [0.2, 0.25) is 5.91 Å². The van der Waals surface area contributed by atoms with Crippen LogP contribution in [0.15, 0.2) is 24.3 Å². The molecule has 4 heteroatoms. The molecule has 1 N–H and O–H groups in total. The van der Waals surface area contributed by atoms with Crippen molar-refractivity contribution in [1.29, 1.82) is 0 Å². The highest BCUT2D eigenvalue weighted by atomic mass is 35.5. The number of para-hydroxylation sites is 1. The number of ketones is 1. The van der Waals surface area contributed by atoms with Crippen molar-refractivity contribution in [2.75, 3.05) is 11.2 Å². The van der Waals surface area contributed by atoms with Crippen molar-refractivity contribution in [3.05, 3.63) is 29.8 Å². The molecule has 0 aliphatic heterocycles. The highest BCUT2D eigenvalue weighted by Gasteiger charge is 2.08. The molecule has 1 amide bonds. The third-order valence-electron chi connectivity index (χ3n) is 1.93. The van der Waals surface area contributed by atoms with Gasteiger partial charge < -0.3 is 5.32 Å². The highest BCUT2D eigenvalue weighted by molar-refractivity contribution is 6.29. The van der Waals surface area contributed by atoms with Crippen LogP contribution < -0.4 is 5.32 Å². The van der Waals surface area contributed by atoms with E-state index in [1.165, 1.54) is 0 Å². The molecular formula is C11H12ClNO2. The average molecular weight is 226 g/mol. The van der Waals surface area contributed by atoms with Gasteiger partial charge in [-0.3, -0.25) is 9.59 Å². The summed E-state index contributed by atoms with van der Waals surface area (Å²) in [6.45, 7) is 1.89. The van der Waals surface area contributed by atoms with Crippen molar-refractivity contribution in [2.45, 2.75) is 13.3 Å². The molecule has 15 heavy (non-hydrogen) atoms. The number of carbonyl (C=O) groups is 2. The van der Waals surface area contributed by atoms with E-state index in [0.717, 1.165) is 11.3 Å². The monoisotopic (exact) mass is 225 g/mol. The van der Waals surface area contributed by atoms with E-state index in [1.54, 1.807) is 6.07 Å². The third kappa shape index (κ3) is 3.72. The lowest BCUT2D eigenvalue weighted by Gasteiger charge is -2.06. The maximum Gasteiger partial charge on any atom is 0.231 e. The Balaban J connectivity index is 2.59. The molecule has 0 saturated heterocycles. The Morgan fingerprint density at radius 1 is 1.33 bits per heavy atom. The molecule has 0 atom stereocenters. The molecule has 0 aliphatic carbocycles. The second kappa shape index (κ2) is 5.51. The van der Waals surface area contributed by atoms with Crippen molar-refractivity contribution in [1.82, 2.24) is 0 Å². The molecule has 0 spiro atoms. The Kier molecular flexibility index (Phi) is 4.31. The zero-order valence-corrected chi connectivity index (χ0v) is 9.17. The number of rotatable bonds is 4. The van der Waals surface area contributed by atoms with Crippen LogP contribution >= 0.6 is 11.6 Å². The van der Waals surface area contributed by atoms with Gasteiger partial charge in [0.05, 0.1) is 12.3 Å². The molecule has 0 unspecified atom stereocenters. The van der Waals surface area contributed by atoms with Crippen molar-refractivity contribution < 1.29 is 9.59 Å². The van der Waals surface area contributed by atoms with Crippen LogP contribution in [0.2, 0.25) is 0 Å². The highest BCUT2D eigenvalue weighted by Crippen LogP contribution is 2.13. The largest absolute Gasteiger partial charge is 0.325 e. The fraction of sp³-hybridized carbons (Fsp3) is 0.273. The number of benzene rings is 1. The topological polar surface area (TPSA) is 46.2 Å². The van der Waals surface area contributed by atoms with Crippen molar-refractivity contribution in [3.8, 4) is 0 Å². The molecule has 0 saturated carbocycles. The standard InChI is InChI=1S/C11H12ClNO2/c1-8-4-2-3-5-10(8)13-11(15)6-9(14)7-12/h2-5H,6-7H2,1H3,(H,13,15). The molecule has 1 aromatic rings. The maximum atomic E-state index is 11.3. The zero-order chi connectivity index (χ0) is 11.3. The zero-order valence-electron chi connectivity index (χ0n) is 8.42. The van der Waals surface area contributed by atoms with E-state index in [0.29, 0.717) is 0 Å². The van der Waals surface area contributed by atoms with Gasteiger partial charge in [0.1, 0.15) is 0 Å². The van der Waals surface area contributed by atoms with Gasteiger partial charge >= 0.3 is 0 Å². The van der Waals surface area contributed by atoms with Crippen LogP contribution in [0.1, 0.15) is 12.0 Å². The number of anilines is 1. The molecular weight excluding hydrogens is 214 g/mol. The second-order valence-corrected chi connectivity index (χ2v) is 3.48. The molecule has 80 valence electrons. The van der Waals surface area contributed by atoms with Crippen LogP contribution in [-0.4, -0.2) is 17.6 Å². The summed E-state index contributed by atoms with van der Waals surface area (Å²) in [5.74, 6) is -0.723. The number of Topliss-reactive ketones (excluding diaryl/α,β-unsaturated/α-hetero) is 1. The Hall–Kier alpha value is -1.35. The predicted octanol–water partition coefficient (Wildman–Crippen LogP) is 2.13. The first kappa shape index (κ1) is 11.7. The fourth-order valence-corrected chi connectivity index (χ4v) is 1.23. The minimum absolute atomic E-state index is 0.124. The fourth-order valence-electron chi connectivity index (χ4n) is 1.13. The number of alkyl halides is 1. The lowest BCUT2D eigenvalue weighted by Crippen LogP contribution is -2.17. The summed E-state index contributed by atoms with van der Waals surface area (Å²) in [4.78, 5) is 22.2. The normalized spacial score (nSPS) is 9.73. The average Bonchev–Trinajstić information content (AvgIpc) is 2.21. The van der Waals surface area contributed by atoms with Crippen molar-refractivity contribution in [3.63, 3.8) is 0 Å².